The Morgan fingerprint density at radius 2 is 2.06 bits per heavy atom. The van der Waals surface area contributed by atoms with E-state index < -0.39 is 0 Å². The van der Waals surface area contributed by atoms with Gasteiger partial charge in [0, 0.05) is 18.1 Å². The van der Waals surface area contributed by atoms with E-state index in [-0.39, 0.29) is 0 Å². The molecule has 1 saturated carbocycles. The molecule has 1 fully saturated rings. The van der Waals surface area contributed by atoms with E-state index >= 15 is 0 Å². The first-order chi connectivity index (χ1) is 7.88. The monoisotopic (exact) mass is 239 g/mol. The zero-order valence-electron chi connectivity index (χ0n) is 9.49. The summed E-state index contributed by atoms with van der Waals surface area (Å²) in [5.74, 6) is 1.96. The van der Waals surface area contributed by atoms with Gasteiger partial charge in [-0.3, -0.25) is 0 Å². The molecule has 0 spiro atoms. The molecule has 88 valence electrons. The van der Waals surface area contributed by atoms with Gasteiger partial charge in [-0.15, -0.1) is 11.6 Å². The van der Waals surface area contributed by atoms with Crippen molar-refractivity contribution in [2.75, 3.05) is 6.61 Å². The van der Waals surface area contributed by atoms with Gasteiger partial charge in [0.2, 0.25) is 5.88 Å². The summed E-state index contributed by atoms with van der Waals surface area (Å²) in [6, 6.07) is 3.87. The molecule has 3 heteroatoms. The third-order valence-corrected chi connectivity index (χ3v) is 3.45. The van der Waals surface area contributed by atoms with Crippen LogP contribution in [0.25, 0.3) is 0 Å². The van der Waals surface area contributed by atoms with E-state index in [1.807, 2.05) is 12.1 Å². The fourth-order valence-corrected chi connectivity index (χ4v) is 2.29. The normalized spacial score (nSPS) is 17.3. The maximum atomic E-state index is 5.70. The molecule has 0 unspecified atom stereocenters. The lowest BCUT2D eigenvalue weighted by molar-refractivity contribution is 0.203. The molecule has 0 bridgehead atoms. The van der Waals surface area contributed by atoms with Gasteiger partial charge in [-0.05, 0) is 24.3 Å². The van der Waals surface area contributed by atoms with Gasteiger partial charge >= 0.3 is 0 Å². The predicted octanol–water partition coefficient (Wildman–Crippen LogP) is 3.78. The number of rotatable bonds is 4. The fourth-order valence-electron chi connectivity index (χ4n) is 2.13. The smallest absolute Gasteiger partial charge is 0.213 e. The molecular weight excluding hydrogens is 222 g/mol. The summed E-state index contributed by atoms with van der Waals surface area (Å²) in [6.45, 7) is 0.813. The first-order valence-corrected chi connectivity index (χ1v) is 6.55. The average molecular weight is 240 g/mol. The summed E-state index contributed by atoms with van der Waals surface area (Å²) in [6.07, 6.45) is 8.49. The van der Waals surface area contributed by atoms with Crippen LogP contribution >= 0.6 is 11.6 Å². The lowest BCUT2D eigenvalue weighted by Gasteiger charge is -2.21. The van der Waals surface area contributed by atoms with Crippen molar-refractivity contribution in [3.8, 4) is 5.88 Å². The maximum absolute atomic E-state index is 5.70. The van der Waals surface area contributed by atoms with Crippen LogP contribution in [-0.4, -0.2) is 11.6 Å². The summed E-state index contributed by atoms with van der Waals surface area (Å²) in [4.78, 5) is 4.23. The molecule has 1 aromatic heterocycles. The van der Waals surface area contributed by atoms with Crippen LogP contribution in [0.4, 0.5) is 0 Å². The van der Waals surface area contributed by atoms with Crippen molar-refractivity contribution in [2.24, 2.45) is 5.92 Å². The average Bonchev–Trinajstić information content (AvgIpc) is 2.38. The van der Waals surface area contributed by atoms with Gasteiger partial charge in [0.25, 0.3) is 0 Å². The topological polar surface area (TPSA) is 22.1 Å². The molecule has 2 nitrogen and oxygen atoms in total. The standard InChI is InChI=1S/C13H18ClNO/c14-8-12-6-7-13(15-9-12)16-10-11-4-2-1-3-5-11/h6-7,9,11H,1-5,8,10H2. The van der Waals surface area contributed by atoms with Gasteiger partial charge in [0.15, 0.2) is 0 Å². The van der Waals surface area contributed by atoms with Gasteiger partial charge in [0.05, 0.1) is 6.61 Å². The van der Waals surface area contributed by atoms with Crippen LogP contribution in [-0.2, 0) is 5.88 Å². The predicted molar refractivity (Wildman–Crippen MR) is 65.9 cm³/mol. The van der Waals surface area contributed by atoms with Gasteiger partial charge in [0.1, 0.15) is 0 Å². The molecule has 0 radical (unpaired) electrons. The number of hydrogen-bond donors (Lipinski definition) is 0. The van der Waals surface area contributed by atoms with Gasteiger partial charge in [-0.2, -0.15) is 0 Å². The zero-order valence-corrected chi connectivity index (χ0v) is 10.2. The van der Waals surface area contributed by atoms with E-state index in [1.165, 1.54) is 32.1 Å². The Morgan fingerprint density at radius 1 is 1.25 bits per heavy atom. The van der Waals surface area contributed by atoms with Crippen LogP contribution in [0.15, 0.2) is 18.3 Å². The molecule has 0 N–H and O–H groups in total. The fraction of sp³-hybridized carbons (Fsp3) is 0.615. The molecule has 2 rings (SSSR count). The number of alkyl halides is 1. The highest BCUT2D eigenvalue weighted by atomic mass is 35.5. The Balaban J connectivity index is 1.79. The van der Waals surface area contributed by atoms with Crippen molar-refractivity contribution < 1.29 is 4.74 Å². The number of halogens is 1. The Bertz CT molecular complexity index is 306. The van der Waals surface area contributed by atoms with Crippen LogP contribution in [0, 0.1) is 5.92 Å². The van der Waals surface area contributed by atoms with Crippen molar-refractivity contribution in [1.29, 1.82) is 0 Å². The van der Waals surface area contributed by atoms with Crippen molar-refractivity contribution in [3.05, 3.63) is 23.9 Å². The largest absolute Gasteiger partial charge is 0.477 e. The minimum atomic E-state index is 0.510. The molecule has 0 aliphatic heterocycles. The van der Waals surface area contributed by atoms with E-state index in [4.69, 9.17) is 16.3 Å². The molecule has 1 aliphatic rings. The SMILES string of the molecule is ClCc1ccc(OCC2CCCCC2)nc1. The maximum Gasteiger partial charge on any atom is 0.213 e. The summed E-state index contributed by atoms with van der Waals surface area (Å²) < 4.78 is 5.69. The summed E-state index contributed by atoms with van der Waals surface area (Å²) in [5, 5.41) is 0. The molecule has 0 atom stereocenters. The molecule has 0 saturated heterocycles. The molecule has 1 aliphatic carbocycles. The lowest BCUT2D eigenvalue weighted by Crippen LogP contribution is -2.15. The van der Waals surface area contributed by atoms with E-state index in [2.05, 4.69) is 4.98 Å². The van der Waals surface area contributed by atoms with Crippen molar-refractivity contribution in [3.63, 3.8) is 0 Å². The van der Waals surface area contributed by atoms with Gasteiger partial charge in [-0.1, -0.05) is 25.3 Å². The van der Waals surface area contributed by atoms with E-state index in [1.54, 1.807) is 6.20 Å². The van der Waals surface area contributed by atoms with Crippen molar-refractivity contribution in [2.45, 2.75) is 38.0 Å². The first kappa shape index (κ1) is 11.7. The minimum Gasteiger partial charge on any atom is -0.477 e. The molecule has 1 aromatic rings. The quantitative estimate of drug-likeness (QED) is 0.746. The Kier molecular flexibility index (Phi) is 4.46. The summed E-state index contributed by atoms with van der Waals surface area (Å²) in [7, 11) is 0. The second-order valence-corrected chi connectivity index (χ2v) is 4.72. The minimum absolute atomic E-state index is 0.510. The highest BCUT2D eigenvalue weighted by Crippen LogP contribution is 2.24. The van der Waals surface area contributed by atoms with E-state index in [9.17, 15) is 0 Å². The first-order valence-electron chi connectivity index (χ1n) is 6.02. The highest BCUT2D eigenvalue weighted by Gasteiger charge is 2.13. The summed E-state index contributed by atoms with van der Waals surface area (Å²) in [5.41, 5.74) is 1.03. The van der Waals surface area contributed by atoms with Crippen molar-refractivity contribution >= 4 is 11.6 Å². The van der Waals surface area contributed by atoms with Crippen LogP contribution < -0.4 is 4.74 Å². The Morgan fingerprint density at radius 3 is 2.69 bits per heavy atom. The third kappa shape index (κ3) is 3.38. The van der Waals surface area contributed by atoms with Gasteiger partial charge in [-0.25, -0.2) is 4.98 Å². The molecule has 0 aromatic carbocycles. The Hall–Kier alpha value is -0.760. The number of pyridine rings is 1. The number of aromatic nitrogens is 1. The third-order valence-electron chi connectivity index (χ3n) is 3.14. The number of nitrogens with zero attached hydrogens (tertiary/aromatic N) is 1. The number of hydrogen-bond acceptors (Lipinski definition) is 2. The lowest BCUT2D eigenvalue weighted by atomic mass is 9.90. The van der Waals surface area contributed by atoms with Crippen LogP contribution in [0.3, 0.4) is 0 Å². The van der Waals surface area contributed by atoms with Crippen LogP contribution in [0.5, 0.6) is 5.88 Å². The second-order valence-electron chi connectivity index (χ2n) is 4.45. The second kappa shape index (κ2) is 6.09. The molecule has 16 heavy (non-hydrogen) atoms. The van der Waals surface area contributed by atoms with Gasteiger partial charge < -0.3 is 4.74 Å². The zero-order chi connectivity index (χ0) is 11.2. The van der Waals surface area contributed by atoms with Crippen LogP contribution in [0.2, 0.25) is 0 Å². The molecular formula is C13H18ClNO. The highest BCUT2D eigenvalue weighted by molar-refractivity contribution is 6.17. The van der Waals surface area contributed by atoms with Crippen LogP contribution in [0.1, 0.15) is 37.7 Å². The van der Waals surface area contributed by atoms with E-state index in [0.717, 1.165) is 24.0 Å². The Labute approximate surface area is 102 Å². The number of ether oxygens (including phenoxy) is 1. The molecule has 0 amide bonds. The summed E-state index contributed by atoms with van der Waals surface area (Å²) >= 11 is 5.70. The van der Waals surface area contributed by atoms with E-state index in [0.29, 0.717) is 5.88 Å². The van der Waals surface area contributed by atoms with Crippen molar-refractivity contribution in [1.82, 2.24) is 4.98 Å². The molecule has 1 heterocycles.